The summed E-state index contributed by atoms with van der Waals surface area (Å²) in [6.45, 7) is 5.36. The van der Waals surface area contributed by atoms with Crippen LogP contribution < -0.4 is 25.4 Å². The summed E-state index contributed by atoms with van der Waals surface area (Å²) >= 11 is 6.79. The molecule has 5 rings (SSSR count). The Morgan fingerprint density at radius 2 is 1.75 bits per heavy atom. The van der Waals surface area contributed by atoms with Gasteiger partial charge in [-0.25, -0.2) is 0 Å². The number of halogens is 1. The van der Waals surface area contributed by atoms with Gasteiger partial charge in [-0.05, 0) is 78.0 Å². The number of nitrogens with zero attached hydrogens (tertiary/aromatic N) is 4. The third-order valence-electron chi connectivity index (χ3n) is 9.98. The lowest BCUT2D eigenvalue weighted by Crippen LogP contribution is -2.52. The number of rotatable bonds is 12. The van der Waals surface area contributed by atoms with E-state index in [0.717, 1.165) is 74.1 Å². The van der Waals surface area contributed by atoms with Crippen LogP contribution in [-0.2, 0) is 11.4 Å². The third-order valence-corrected chi connectivity index (χ3v) is 10.3. The van der Waals surface area contributed by atoms with Crippen LogP contribution in [0.15, 0.2) is 42.7 Å². The molecule has 1 aromatic heterocycles. The highest BCUT2D eigenvalue weighted by Gasteiger charge is 2.48. The number of aryl methyl sites for hydroxylation is 1. The molecule has 2 aromatic carbocycles. The maximum atomic E-state index is 13.1. The number of nitriles is 1. The molecule has 1 aliphatic carbocycles. The Bertz CT molecular complexity index is 1630. The summed E-state index contributed by atoms with van der Waals surface area (Å²) in [5.41, 5.74) is 4.32. The fourth-order valence-electron chi connectivity index (χ4n) is 7.34. The Morgan fingerprint density at radius 3 is 2.37 bits per heavy atom. The number of amides is 1. The topological polar surface area (TPSA) is 124 Å². The molecular formula is C40H54ClN7O3. The molecule has 1 aliphatic heterocycles. The first-order valence-corrected chi connectivity index (χ1v) is 19.0. The zero-order valence-electron chi connectivity index (χ0n) is 30.7. The van der Waals surface area contributed by atoms with Crippen molar-refractivity contribution in [1.82, 2.24) is 14.9 Å². The van der Waals surface area contributed by atoms with Gasteiger partial charge in [0.15, 0.2) is 0 Å². The van der Waals surface area contributed by atoms with Gasteiger partial charge in [0.25, 0.3) is 0 Å². The second-order valence-electron chi connectivity index (χ2n) is 14.2. The minimum Gasteiger partial charge on any atom is -0.492 e. The lowest BCUT2D eigenvalue weighted by molar-refractivity contribution is -0.116. The zero-order valence-corrected chi connectivity index (χ0v) is 31.5. The molecule has 11 heteroatoms. The van der Waals surface area contributed by atoms with E-state index >= 15 is 0 Å². The number of anilines is 3. The van der Waals surface area contributed by atoms with E-state index in [2.05, 4.69) is 36.9 Å². The van der Waals surface area contributed by atoms with Crippen LogP contribution in [0.1, 0.15) is 107 Å². The van der Waals surface area contributed by atoms with E-state index < -0.39 is 11.5 Å². The van der Waals surface area contributed by atoms with Crippen molar-refractivity contribution < 1.29 is 14.3 Å². The first kappa shape index (κ1) is 38.2. The molecule has 2 atom stereocenters. The van der Waals surface area contributed by atoms with Crippen molar-refractivity contribution in [3.05, 3.63) is 64.7 Å². The van der Waals surface area contributed by atoms with E-state index in [1.807, 2.05) is 58.3 Å². The standard InChI is InChI=1S/C40H54ClN7O3/c1-5-50-37-23-34-31(22-35(37)46-38(49)15-14-20-48(3)4)39(32(24-42)40(47-34)18-12-10-8-6-7-9-11-13-19-40)45-29-16-17-36(33(41)21-29)51-27-30-26-43-28(2)25-44-30/h16-17,21-23,25-26,32,39,45,47H,5-15,18-20,27H2,1-4H3,(H,46,49). The average Bonchev–Trinajstić information content (AvgIpc) is 3.15. The van der Waals surface area contributed by atoms with Gasteiger partial charge in [-0.1, -0.05) is 63.0 Å². The van der Waals surface area contributed by atoms with Crippen molar-refractivity contribution in [3.63, 3.8) is 0 Å². The SMILES string of the molecule is CCOc1cc2c(cc1NC(=O)CCCN(C)C)C(Nc1ccc(OCc3cnc(C)cn3)c(Cl)c1)C(C#N)C1(CCCCCCCCCC1)N2. The number of fused-ring (bicyclic) bond motifs is 1. The highest BCUT2D eigenvalue weighted by molar-refractivity contribution is 6.32. The molecule has 2 aliphatic rings. The Morgan fingerprint density at radius 1 is 1.02 bits per heavy atom. The number of hydrogen-bond acceptors (Lipinski definition) is 9. The number of aromatic nitrogens is 2. The molecule has 2 unspecified atom stereocenters. The number of carbonyl (C=O) groups is 1. The van der Waals surface area contributed by atoms with Gasteiger partial charge < -0.3 is 30.3 Å². The summed E-state index contributed by atoms with van der Waals surface area (Å²) in [4.78, 5) is 23.9. The molecule has 1 fully saturated rings. The second kappa shape index (κ2) is 18.4. The fourth-order valence-corrected chi connectivity index (χ4v) is 7.58. The summed E-state index contributed by atoms with van der Waals surface area (Å²) < 4.78 is 12.1. The molecule has 51 heavy (non-hydrogen) atoms. The molecule has 274 valence electrons. The van der Waals surface area contributed by atoms with Crippen LogP contribution in [0.3, 0.4) is 0 Å². The largest absolute Gasteiger partial charge is 0.492 e. The van der Waals surface area contributed by atoms with E-state index in [1.54, 1.807) is 12.4 Å². The lowest BCUT2D eigenvalue weighted by atomic mass is 9.68. The molecule has 0 bridgehead atoms. The molecule has 1 saturated carbocycles. The summed E-state index contributed by atoms with van der Waals surface area (Å²) in [5, 5.41) is 22.3. The van der Waals surface area contributed by atoms with Crippen LogP contribution in [0.25, 0.3) is 0 Å². The maximum absolute atomic E-state index is 13.1. The van der Waals surface area contributed by atoms with Gasteiger partial charge >= 0.3 is 0 Å². The van der Waals surface area contributed by atoms with Gasteiger partial charge in [0.1, 0.15) is 18.1 Å². The normalized spacial score (nSPS) is 18.8. The maximum Gasteiger partial charge on any atom is 0.224 e. The number of benzene rings is 2. The third kappa shape index (κ3) is 10.3. The van der Waals surface area contributed by atoms with Crippen LogP contribution >= 0.6 is 11.6 Å². The fraction of sp³-hybridized carbons (Fsp3) is 0.550. The molecule has 2 heterocycles. The van der Waals surface area contributed by atoms with E-state index in [9.17, 15) is 10.1 Å². The van der Waals surface area contributed by atoms with Gasteiger partial charge in [-0.3, -0.25) is 14.8 Å². The van der Waals surface area contributed by atoms with Crippen LogP contribution in [0.2, 0.25) is 5.02 Å². The summed E-state index contributed by atoms with van der Waals surface area (Å²) in [6, 6.07) is 12.0. The molecule has 1 spiro atoms. The van der Waals surface area contributed by atoms with Gasteiger partial charge in [0, 0.05) is 35.6 Å². The van der Waals surface area contributed by atoms with Gasteiger partial charge in [0.2, 0.25) is 5.91 Å². The highest BCUT2D eigenvalue weighted by Crippen LogP contribution is 2.51. The first-order valence-electron chi connectivity index (χ1n) is 18.6. The van der Waals surface area contributed by atoms with Crippen molar-refractivity contribution in [3.8, 4) is 17.6 Å². The van der Waals surface area contributed by atoms with Crippen LogP contribution in [0.5, 0.6) is 11.5 Å². The van der Waals surface area contributed by atoms with Crippen molar-refractivity contribution in [2.24, 2.45) is 5.92 Å². The highest BCUT2D eigenvalue weighted by atomic mass is 35.5. The molecule has 1 amide bonds. The quantitative estimate of drug-likeness (QED) is 0.168. The second-order valence-corrected chi connectivity index (χ2v) is 14.7. The summed E-state index contributed by atoms with van der Waals surface area (Å²) in [6.07, 6.45) is 15.7. The van der Waals surface area contributed by atoms with E-state index in [0.29, 0.717) is 40.9 Å². The molecule has 10 nitrogen and oxygen atoms in total. The number of nitrogens with one attached hydrogen (secondary N) is 3. The molecule has 3 aromatic rings. The Balaban J connectivity index is 1.49. The van der Waals surface area contributed by atoms with Crippen molar-refractivity contribution in [1.29, 1.82) is 5.26 Å². The first-order chi connectivity index (χ1) is 24.7. The monoisotopic (exact) mass is 715 g/mol. The predicted octanol–water partition coefficient (Wildman–Crippen LogP) is 9.07. The lowest BCUT2D eigenvalue weighted by Gasteiger charge is -2.48. The van der Waals surface area contributed by atoms with E-state index in [1.165, 1.54) is 25.7 Å². The molecule has 0 saturated heterocycles. The van der Waals surface area contributed by atoms with Crippen LogP contribution in [-0.4, -0.2) is 53.6 Å². The summed E-state index contributed by atoms with van der Waals surface area (Å²) in [5.74, 6) is 0.685. The zero-order chi connectivity index (χ0) is 36.2. The van der Waals surface area contributed by atoms with E-state index in [-0.39, 0.29) is 18.6 Å². The molecular weight excluding hydrogens is 662 g/mol. The number of carbonyl (C=O) groups excluding carboxylic acids is 1. The van der Waals surface area contributed by atoms with Crippen molar-refractivity contribution in [2.45, 2.75) is 109 Å². The number of ether oxygens (including phenoxy) is 2. The minimum absolute atomic E-state index is 0.0679. The molecule has 3 N–H and O–H groups in total. The van der Waals surface area contributed by atoms with E-state index in [4.69, 9.17) is 21.1 Å². The Kier molecular flexibility index (Phi) is 13.8. The number of hydrogen-bond donors (Lipinski definition) is 3. The minimum atomic E-state index is -0.438. The Hall–Kier alpha value is -4.07. The van der Waals surface area contributed by atoms with Gasteiger partial charge in [0.05, 0.1) is 58.5 Å². The average molecular weight is 716 g/mol. The van der Waals surface area contributed by atoms with Gasteiger partial charge in [-0.2, -0.15) is 5.26 Å². The predicted molar refractivity (Wildman–Crippen MR) is 205 cm³/mol. The Labute approximate surface area is 308 Å². The summed E-state index contributed by atoms with van der Waals surface area (Å²) in [7, 11) is 4.00. The molecule has 0 radical (unpaired) electrons. The van der Waals surface area contributed by atoms with Crippen molar-refractivity contribution in [2.75, 3.05) is 43.2 Å². The van der Waals surface area contributed by atoms with Crippen LogP contribution in [0.4, 0.5) is 17.1 Å². The van der Waals surface area contributed by atoms with Gasteiger partial charge in [-0.15, -0.1) is 0 Å². The van der Waals surface area contributed by atoms with Crippen molar-refractivity contribution >= 4 is 34.6 Å². The smallest absolute Gasteiger partial charge is 0.224 e. The van der Waals surface area contributed by atoms with Crippen LogP contribution in [0, 0.1) is 24.2 Å².